The van der Waals surface area contributed by atoms with Crippen LogP contribution in [0.5, 0.6) is 0 Å². The zero-order valence-corrected chi connectivity index (χ0v) is 27.5. The van der Waals surface area contributed by atoms with Crippen LogP contribution in [-0.2, 0) is 10.7 Å². The number of alkyl halides is 6. The zero-order chi connectivity index (χ0) is 33.2. The smallest absolute Gasteiger partial charge is 0.399 e. The second-order valence-corrected chi connectivity index (χ2v) is 15.8. The molecule has 254 valence electrons. The van der Waals surface area contributed by atoms with Crippen LogP contribution in [0.1, 0.15) is 111 Å². The second-order valence-electron chi connectivity index (χ2n) is 15.8. The molecule has 3 fully saturated rings. The second kappa shape index (κ2) is 12.0. The van der Waals surface area contributed by atoms with Gasteiger partial charge in [0.25, 0.3) is 0 Å². The van der Waals surface area contributed by atoms with Gasteiger partial charge in [0.1, 0.15) is 0 Å². The van der Waals surface area contributed by atoms with E-state index < -0.39 is 35.3 Å². The fraction of sp³-hybridized carbons (Fsp3) is 0.778. The van der Waals surface area contributed by atoms with Crippen LogP contribution in [0.4, 0.5) is 37.7 Å². The standard InChI is InChI=1S/C36H52F6N2O/c1-21(2)7-6-8-22(3)27-13-14-28-26-11-9-23-19-25(15-17-32(23,4)29(26)16-18-33(27,28)5)45-36(41,42)35(39,40)34(37,38)30-12-10-24(43)20-31(30)44/h9-10,12,20-22,25-29H,6-8,11,13-19,43-44H2,1-5H3/t22-,25?,26?,27-,28?,29?,32+,33-/m1/s1. The van der Waals surface area contributed by atoms with Crippen LogP contribution >= 0.6 is 0 Å². The van der Waals surface area contributed by atoms with Crippen molar-refractivity contribution in [2.45, 2.75) is 129 Å². The van der Waals surface area contributed by atoms with Gasteiger partial charge in [-0.3, -0.25) is 0 Å². The Morgan fingerprint density at radius 1 is 0.911 bits per heavy atom. The Morgan fingerprint density at radius 2 is 1.62 bits per heavy atom. The van der Waals surface area contributed by atoms with Crippen molar-refractivity contribution in [3.05, 3.63) is 35.4 Å². The molecule has 0 aliphatic heterocycles. The summed E-state index contributed by atoms with van der Waals surface area (Å²) < 4.78 is 94.6. The minimum absolute atomic E-state index is 0.0401. The Hall–Kier alpha value is -1.90. The maximum Gasteiger partial charge on any atom is 0.426 e. The van der Waals surface area contributed by atoms with Crippen LogP contribution in [0.15, 0.2) is 29.8 Å². The van der Waals surface area contributed by atoms with Gasteiger partial charge < -0.3 is 16.2 Å². The molecule has 4 aliphatic carbocycles. The van der Waals surface area contributed by atoms with Gasteiger partial charge in [0.15, 0.2) is 0 Å². The highest BCUT2D eigenvalue weighted by Crippen LogP contribution is 2.67. The molecule has 1 aromatic rings. The fourth-order valence-corrected chi connectivity index (χ4v) is 10.3. The Labute approximate surface area is 264 Å². The number of hydrogen-bond acceptors (Lipinski definition) is 3. The van der Waals surface area contributed by atoms with Crippen LogP contribution < -0.4 is 11.5 Å². The number of benzene rings is 1. The van der Waals surface area contributed by atoms with Crippen molar-refractivity contribution in [1.82, 2.24) is 0 Å². The fourth-order valence-electron chi connectivity index (χ4n) is 10.3. The zero-order valence-electron chi connectivity index (χ0n) is 27.5. The molecular formula is C36H52F6N2O. The Bertz CT molecular complexity index is 1270. The first-order chi connectivity index (χ1) is 20.8. The predicted octanol–water partition coefficient (Wildman–Crippen LogP) is 10.6. The highest BCUT2D eigenvalue weighted by Gasteiger charge is 2.74. The number of anilines is 2. The first-order valence-corrected chi connectivity index (χ1v) is 17.0. The molecule has 0 amide bonds. The third kappa shape index (κ3) is 5.79. The first kappa shape index (κ1) is 34.4. The van der Waals surface area contributed by atoms with E-state index in [4.69, 9.17) is 11.5 Å². The van der Waals surface area contributed by atoms with Gasteiger partial charge in [0, 0.05) is 11.4 Å². The van der Waals surface area contributed by atoms with E-state index in [1.165, 1.54) is 32.1 Å². The van der Waals surface area contributed by atoms with Crippen LogP contribution in [0, 0.1) is 46.3 Å². The van der Waals surface area contributed by atoms with Crippen LogP contribution in [-0.4, -0.2) is 18.1 Å². The van der Waals surface area contributed by atoms with Crippen molar-refractivity contribution in [3.63, 3.8) is 0 Å². The van der Waals surface area contributed by atoms with E-state index in [1.54, 1.807) is 0 Å². The molecule has 0 heterocycles. The molecule has 45 heavy (non-hydrogen) atoms. The van der Waals surface area contributed by atoms with E-state index in [2.05, 4.69) is 45.4 Å². The Morgan fingerprint density at radius 3 is 2.29 bits per heavy atom. The van der Waals surface area contributed by atoms with E-state index in [0.717, 1.165) is 42.9 Å². The van der Waals surface area contributed by atoms with Crippen molar-refractivity contribution in [3.8, 4) is 0 Å². The van der Waals surface area contributed by atoms with Crippen LogP contribution in [0.25, 0.3) is 0 Å². The summed E-state index contributed by atoms with van der Waals surface area (Å²) >= 11 is 0. The summed E-state index contributed by atoms with van der Waals surface area (Å²) in [5, 5.41) is 0. The molecule has 1 aromatic carbocycles. The SMILES string of the molecule is CC(C)CCC[C@@H](C)[C@H]1CCC2C3CC=C4CC(OC(F)(F)C(F)(F)C(F)(F)c5ccc(N)cc5N)CC[C@]4(C)C3CC[C@@]21C. The summed E-state index contributed by atoms with van der Waals surface area (Å²) in [5.74, 6) is -7.47. The molecule has 9 heteroatoms. The van der Waals surface area contributed by atoms with Crippen molar-refractivity contribution < 1.29 is 31.1 Å². The van der Waals surface area contributed by atoms with Crippen molar-refractivity contribution >= 4 is 11.4 Å². The first-order valence-electron chi connectivity index (χ1n) is 17.0. The molecule has 0 bridgehead atoms. The topological polar surface area (TPSA) is 61.3 Å². The summed E-state index contributed by atoms with van der Waals surface area (Å²) in [6, 6.07) is 2.32. The lowest BCUT2D eigenvalue weighted by molar-refractivity contribution is -0.412. The average molecular weight is 643 g/mol. The summed E-state index contributed by atoms with van der Waals surface area (Å²) in [5.41, 5.74) is 9.73. The third-order valence-corrected chi connectivity index (χ3v) is 12.7. The van der Waals surface area contributed by atoms with E-state index >= 15 is 8.78 Å². The largest absolute Gasteiger partial charge is 0.426 e. The molecule has 4 unspecified atom stereocenters. The molecule has 3 saturated carbocycles. The maximum atomic E-state index is 15.0. The lowest BCUT2D eigenvalue weighted by atomic mass is 9.47. The number of allylic oxidation sites excluding steroid dienone is 1. The van der Waals surface area contributed by atoms with Gasteiger partial charge in [0.2, 0.25) is 0 Å². The van der Waals surface area contributed by atoms with Gasteiger partial charge >= 0.3 is 18.0 Å². The molecule has 0 radical (unpaired) electrons. The quantitative estimate of drug-likeness (QED) is 0.152. The number of rotatable bonds is 10. The normalized spacial score (nSPS) is 34.6. The van der Waals surface area contributed by atoms with Gasteiger partial charge in [-0.1, -0.05) is 65.5 Å². The molecule has 5 rings (SSSR count). The molecule has 0 aromatic heterocycles. The van der Waals surface area contributed by atoms with E-state index in [1.807, 2.05) is 0 Å². The highest BCUT2D eigenvalue weighted by molar-refractivity contribution is 5.58. The molecule has 3 nitrogen and oxygen atoms in total. The monoisotopic (exact) mass is 642 g/mol. The van der Waals surface area contributed by atoms with Crippen molar-refractivity contribution in [2.75, 3.05) is 11.5 Å². The minimum Gasteiger partial charge on any atom is -0.399 e. The molecule has 4 N–H and O–H groups in total. The van der Waals surface area contributed by atoms with Gasteiger partial charge in [0.05, 0.1) is 11.7 Å². The predicted molar refractivity (Wildman–Crippen MR) is 167 cm³/mol. The van der Waals surface area contributed by atoms with Gasteiger partial charge in [-0.25, -0.2) is 0 Å². The van der Waals surface area contributed by atoms with Crippen molar-refractivity contribution in [1.29, 1.82) is 0 Å². The highest BCUT2D eigenvalue weighted by atomic mass is 19.3. The summed E-state index contributed by atoms with van der Waals surface area (Å²) in [6.07, 6.45) is 5.42. The number of ether oxygens (including phenoxy) is 1. The summed E-state index contributed by atoms with van der Waals surface area (Å²) in [7, 11) is 0. The summed E-state index contributed by atoms with van der Waals surface area (Å²) in [6.45, 7) is 11.7. The molecule has 0 spiro atoms. The molecule has 4 aliphatic rings. The van der Waals surface area contributed by atoms with Gasteiger partial charge in [-0.15, -0.1) is 0 Å². The van der Waals surface area contributed by atoms with E-state index in [-0.39, 0.29) is 23.9 Å². The van der Waals surface area contributed by atoms with E-state index in [9.17, 15) is 17.6 Å². The number of hydrogen-bond donors (Lipinski definition) is 2. The van der Waals surface area contributed by atoms with Crippen LogP contribution in [0.2, 0.25) is 0 Å². The number of fused-ring (bicyclic) bond motifs is 5. The van der Waals surface area contributed by atoms with Crippen LogP contribution in [0.3, 0.4) is 0 Å². The minimum atomic E-state index is -5.84. The summed E-state index contributed by atoms with van der Waals surface area (Å²) in [4.78, 5) is 0. The van der Waals surface area contributed by atoms with Gasteiger partial charge in [-0.05, 0) is 116 Å². The van der Waals surface area contributed by atoms with Crippen molar-refractivity contribution in [2.24, 2.45) is 46.3 Å². The Kier molecular flexibility index (Phi) is 9.15. The maximum absolute atomic E-state index is 15.0. The Balaban J connectivity index is 1.28. The number of nitrogen functional groups attached to an aromatic ring is 2. The molecule has 8 atom stereocenters. The number of halogens is 6. The lowest BCUT2D eigenvalue weighted by Gasteiger charge is -2.58. The third-order valence-electron chi connectivity index (χ3n) is 12.7. The molecule has 0 saturated heterocycles. The lowest BCUT2D eigenvalue weighted by Crippen LogP contribution is -2.56. The number of nitrogens with two attached hydrogens (primary N) is 2. The van der Waals surface area contributed by atoms with Gasteiger partial charge in [-0.2, -0.15) is 26.3 Å². The average Bonchev–Trinajstić information content (AvgIpc) is 3.29. The van der Waals surface area contributed by atoms with E-state index in [0.29, 0.717) is 47.5 Å². The molecular weight excluding hydrogens is 590 g/mol.